The first-order valence-electron chi connectivity index (χ1n) is 4.95. The maximum atomic E-state index is 11.1. The standard InChI is InChI=1S/C9H17ClN2O2/c10-5-6-12(9(11)14)7-1-3-8(13)4-2-7/h7-8,13H,1-6H2,(H2,11,14). The molecule has 5 heteroatoms. The van der Waals surface area contributed by atoms with Crippen LogP contribution in [-0.2, 0) is 0 Å². The van der Waals surface area contributed by atoms with Crippen LogP contribution in [0.1, 0.15) is 25.7 Å². The van der Waals surface area contributed by atoms with Crippen LogP contribution in [0.4, 0.5) is 4.79 Å². The Morgan fingerprint density at radius 1 is 1.43 bits per heavy atom. The lowest BCUT2D eigenvalue weighted by Gasteiger charge is -2.34. The van der Waals surface area contributed by atoms with Crippen molar-refractivity contribution in [1.82, 2.24) is 4.90 Å². The van der Waals surface area contributed by atoms with Gasteiger partial charge in [-0.15, -0.1) is 11.6 Å². The average Bonchev–Trinajstić information content (AvgIpc) is 2.15. The first-order valence-corrected chi connectivity index (χ1v) is 5.48. The molecule has 2 amide bonds. The molecule has 0 radical (unpaired) electrons. The first-order chi connectivity index (χ1) is 6.65. The maximum absolute atomic E-state index is 11.1. The molecule has 0 atom stereocenters. The van der Waals surface area contributed by atoms with E-state index in [0.717, 1.165) is 25.7 Å². The van der Waals surface area contributed by atoms with Crippen LogP contribution < -0.4 is 5.73 Å². The van der Waals surface area contributed by atoms with Crippen LogP contribution in [0.3, 0.4) is 0 Å². The number of alkyl halides is 1. The summed E-state index contributed by atoms with van der Waals surface area (Å²) in [5.41, 5.74) is 5.25. The zero-order valence-electron chi connectivity index (χ0n) is 8.16. The minimum absolute atomic E-state index is 0.162. The van der Waals surface area contributed by atoms with Gasteiger partial charge in [0.15, 0.2) is 0 Å². The molecule has 0 heterocycles. The highest BCUT2D eigenvalue weighted by Gasteiger charge is 2.26. The molecule has 1 aliphatic carbocycles. The van der Waals surface area contributed by atoms with Gasteiger partial charge in [0.05, 0.1) is 6.10 Å². The second kappa shape index (κ2) is 5.41. The van der Waals surface area contributed by atoms with E-state index in [1.54, 1.807) is 4.90 Å². The molecule has 1 rings (SSSR count). The Hall–Kier alpha value is -0.480. The molecule has 0 spiro atoms. The number of carbonyl (C=O) groups excluding carboxylic acids is 1. The van der Waals surface area contributed by atoms with Gasteiger partial charge >= 0.3 is 6.03 Å². The molecular formula is C9H17ClN2O2. The van der Waals surface area contributed by atoms with Crippen molar-refractivity contribution < 1.29 is 9.90 Å². The summed E-state index contributed by atoms with van der Waals surface area (Å²) in [6, 6.07) is -0.248. The topological polar surface area (TPSA) is 66.6 Å². The van der Waals surface area contributed by atoms with Crippen LogP contribution >= 0.6 is 11.6 Å². The van der Waals surface area contributed by atoms with E-state index in [1.807, 2.05) is 0 Å². The van der Waals surface area contributed by atoms with Crippen molar-refractivity contribution in [3.63, 3.8) is 0 Å². The van der Waals surface area contributed by atoms with E-state index in [-0.39, 0.29) is 12.1 Å². The summed E-state index contributed by atoms with van der Waals surface area (Å²) in [6.45, 7) is 0.498. The lowest BCUT2D eigenvalue weighted by molar-refractivity contribution is 0.0880. The molecular weight excluding hydrogens is 204 g/mol. The van der Waals surface area contributed by atoms with E-state index >= 15 is 0 Å². The molecule has 14 heavy (non-hydrogen) atoms. The number of amides is 2. The molecule has 0 aromatic rings. The Balaban J connectivity index is 2.47. The minimum Gasteiger partial charge on any atom is -0.393 e. The molecule has 3 N–H and O–H groups in total. The van der Waals surface area contributed by atoms with Crippen molar-refractivity contribution >= 4 is 17.6 Å². The quantitative estimate of drug-likeness (QED) is 0.695. The van der Waals surface area contributed by atoms with E-state index in [0.29, 0.717) is 12.4 Å². The lowest BCUT2D eigenvalue weighted by Crippen LogP contribution is -2.46. The van der Waals surface area contributed by atoms with E-state index in [2.05, 4.69) is 0 Å². The molecule has 1 saturated carbocycles. The van der Waals surface area contributed by atoms with Crippen LogP contribution in [0.5, 0.6) is 0 Å². The van der Waals surface area contributed by atoms with Crippen molar-refractivity contribution in [3.05, 3.63) is 0 Å². The first kappa shape index (κ1) is 11.6. The number of nitrogens with zero attached hydrogens (tertiary/aromatic N) is 1. The van der Waals surface area contributed by atoms with Crippen LogP contribution in [0.15, 0.2) is 0 Å². The number of primary amides is 1. The fourth-order valence-corrected chi connectivity index (χ4v) is 2.12. The third-order valence-electron chi connectivity index (χ3n) is 2.72. The highest BCUT2D eigenvalue weighted by atomic mass is 35.5. The minimum atomic E-state index is -0.410. The number of carbonyl (C=O) groups is 1. The molecule has 82 valence electrons. The number of hydrogen-bond acceptors (Lipinski definition) is 2. The Morgan fingerprint density at radius 3 is 2.43 bits per heavy atom. The molecule has 1 fully saturated rings. The number of nitrogens with two attached hydrogens (primary N) is 1. The van der Waals surface area contributed by atoms with Gasteiger partial charge < -0.3 is 15.7 Å². The molecule has 0 aliphatic heterocycles. The summed E-state index contributed by atoms with van der Waals surface area (Å²) in [5, 5.41) is 9.32. The molecule has 0 unspecified atom stereocenters. The van der Waals surface area contributed by atoms with Crippen LogP contribution in [-0.4, -0.2) is 40.6 Å². The van der Waals surface area contributed by atoms with Gasteiger partial charge in [0.25, 0.3) is 0 Å². The number of halogens is 1. The van der Waals surface area contributed by atoms with E-state index < -0.39 is 6.03 Å². The predicted molar refractivity (Wildman–Crippen MR) is 55.3 cm³/mol. The van der Waals surface area contributed by atoms with Gasteiger partial charge in [0, 0.05) is 18.5 Å². The summed E-state index contributed by atoms with van der Waals surface area (Å²) in [6.07, 6.45) is 2.92. The number of aliphatic hydroxyl groups excluding tert-OH is 1. The van der Waals surface area contributed by atoms with Crippen molar-refractivity contribution in [3.8, 4) is 0 Å². The summed E-state index contributed by atoms with van der Waals surface area (Å²) in [4.78, 5) is 12.7. The van der Waals surface area contributed by atoms with Gasteiger partial charge in [-0.25, -0.2) is 4.79 Å². The second-order valence-corrected chi connectivity index (χ2v) is 4.06. The lowest BCUT2D eigenvalue weighted by atomic mass is 9.92. The van der Waals surface area contributed by atoms with Gasteiger partial charge in [-0.05, 0) is 25.7 Å². The molecule has 0 bridgehead atoms. The zero-order valence-corrected chi connectivity index (χ0v) is 8.91. The van der Waals surface area contributed by atoms with Gasteiger partial charge in [0.2, 0.25) is 0 Å². The van der Waals surface area contributed by atoms with E-state index in [9.17, 15) is 9.90 Å². The molecule has 0 aromatic carbocycles. The highest BCUT2D eigenvalue weighted by Crippen LogP contribution is 2.22. The monoisotopic (exact) mass is 220 g/mol. The van der Waals surface area contributed by atoms with E-state index in [4.69, 9.17) is 17.3 Å². The SMILES string of the molecule is NC(=O)N(CCCl)C1CCC(O)CC1. The van der Waals surface area contributed by atoms with Gasteiger partial charge in [-0.3, -0.25) is 0 Å². The highest BCUT2D eigenvalue weighted by molar-refractivity contribution is 6.18. The molecule has 0 aromatic heterocycles. The smallest absolute Gasteiger partial charge is 0.315 e. The van der Waals surface area contributed by atoms with Crippen molar-refractivity contribution in [2.45, 2.75) is 37.8 Å². The summed E-state index contributed by atoms with van der Waals surface area (Å²) < 4.78 is 0. The zero-order chi connectivity index (χ0) is 10.6. The molecule has 1 aliphatic rings. The maximum Gasteiger partial charge on any atom is 0.315 e. The Morgan fingerprint density at radius 2 is 2.00 bits per heavy atom. The number of aliphatic hydroxyl groups is 1. The summed E-state index contributed by atoms with van der Waals surface area (Å²) >= 11 is 5.59. The van der Waals surface area contributed by atoms with Crippen LogP contribution in [0, 0.1) is 0 Å². The third-order valence-corrected chi connectivity index (χ3v) is 2.88. The number of urea groups is 1. The largest absolute Gasteiger partial charge is 0.393 e. The normalized spacial score (nSPS) is 27.3. The van der Waals surface area contributed by atoms with E-state index in [1.165, 1.54) is 0 Å². The predicted octanol–water partition coefficient (Wildman–Crippen LogP) is 0.909. The van der Waals surface area contributed by atoms with Crippen molar-refractivity contribution in [2.75, 3.05) is 12.4 Å². The van der Waals surface area contributed by atoms with Crippen LogP contribution in [0.25, 0.3) is 0 Å². The molecule has 0 saturated heterocycles. The fraction of sp³-hybridized carbons (Fsp3) is 0.889. The Bertz CT molecular complexity index is 193. The Labute approximate surface area is 89.0 Å². The second-order valence-electron chi connectivity index (χ2n) is 3.68. The van der Waals surface area contributed by atoms with Gasteiger partial charge in [0.1, 0.15) is 0 Å². The third kappa shape index (κ3) is 3.03. The van der Waals surface area contributed by atoms with Crippen molar-refractivity contribution in [2.24, 2.45) is 5.73 Å². The van der Waals surface area contributed by atoms with Crippen molar-refractivity contribution in [1.29, 1.82) is 0 Å². The van der Waals surface area contributed by atoms with Gasteiger partial charge in [-0.1, -0.05) is 0 Å². The van der Waals surface area contributed by atoms with Gasteiger partial charge in [-0.2, -0.15) is 0 Å². The summed E-state index contributed by atoms with van der Waals surface area (Å²) in [7, 11) is 0. The number of rotatable bonds is 3. The average molecular weight is 221 g/mol. The number of hydrogen-bond donors (Lipinski definition) is 2. The molecule has 4 nitrogen and oxygen atoms in total. The Kier molecular flexibility index (Phi) is 4.48. The van der Waals surface area contributed by atoms with Crippen LogP contribution in [0.2, 0.25) is 0 Å². The summed E-state index contributed by atoms with van der Waals surface area (Å²) in [5.74, 6) is 0.405. The fourth-order valence-electron chi connectivity index (χ4n) is 1.93.